The van der Waals surface area contributed by atoms with Crippen molar-refractivity contribution in [2.24, 2.45) is 0 Å². The first-order valence-electron chi connectivity index (χ1n) is 7.63. The maximum atomic E-state index is 10.8. The Morgan fingerprint density at radius 3 is 2.95 bits per heavy atom. The summed E-state index contributed by atoms with van der Waals surface area (Å²) in [7, 11) is 1.71. The summed E-state index contributed by atoms with van der Waals surface area (Å²) in [6.45, 7) is 3.56. The molecule has 0 aromatic carbocycles. The number of rotatable bonds is 8. The summed E-state index contributed by atoms with van der Waals surface area (Å²) in [4.78, 5) is 18.8. The number of aliphatic carboxylic acids is 1. The van der Waals surface area contributed by atoms with E-state index in [1.807, 2.05) is 4.90 Å². The number of β-amino-alcohol motifs (C(OH)–C–C–N with tert-alkyl or cyclic N) is 1. The minimum Gasteiger partial charge on any atom is -0.480 e. The molecule has 0 radical (unpaired) electrons. The Morgan fingerprint density at radius 2 is 2.27 bits per heavy atom. The van der Waals surface area contributed by atoms with Crippen LogP contribution in [0.4, 0.5) is 0 Å². The third kappa shape index (κ3) is 4.49. The van der Waals surface area contributed by atoms with Gasteiger partial charge in [0.1, 0.15) is 0 Å². The van der Waals surface area contributed by atoms with Gasteiger partial charge in [0.15, 0.2) is 5.82 Å². The second kappa shape index (κ2) is 7.66. The van der Waals surface area contributed by atoms with Crippen LogP contribution >= 0.6 is 0 Å². The van der Waals surface area contributed by atoms with Crippen molar-refractivity contribution in [3.8, 4) is 0 Å². The number of unbranched alkanes of at least 4 members (excludes halogenated alkanes) is 1. The van der Waals surface area contributed by atoms with Gasteiger partial charge in [0.05, 0.1) is 19.2 Å². The second-order valence-electron chi connectivity index (χ2n) is 5.85. The van der Waals surface area contributed by atoms with Gasteiger partial charge in [0.2, 0.25) is 5.89 Å². The largest absolute Gasteiger partial charge is 0.480 e. The van der Waals surface area contributed by atoms with Crippen LogP contribution in [0.3, 0.4) is 0 Å². The van der Waals surface area contributed by atoms with Crippen LogP contribution < -0.4 is 0 Å². The van der Waals surface area contributed by atoms with E-state index >= 15 is 0 Å². The van der Waals surface area contributed by atoms with E-state index < -0.39 is 12.1 Å². The first kappa shape index (κ1) is 16.9. The van der Waals surface area contributed by atoms with Crippen molar-refractivity contribution in [2.75, 3.05) is 26.7 Å². The van der Waals surface area contributed by atoms with Gasteiger partial charge in [-0.25, -0.2) is 0 Å². The average molecular weight is 312 g/mol. The normalized spacial score (nSPS) is 22.5. The summed E-state index contributed by atoms with van der Waals surface area (Å²) < 4.78 is 5.23. The highest BCUT2D eigenvalue weighted by Gasteiger charge is 2.35. The van der Waals surface area contributed by atoms with Crippen molar-refractivity contribution in [3.05, 3.63) is 11.7 Å². The van der Waals surface area contributed by atoms with Gasteiger partial charge in [0.25, 0.3) is 0 Å². The van der Waals surface area contributed by atoms with Gasteiger partial charge in [-0.1, -0.05) is 18.5 Å². The fourth-order valence-corrected chi connectivity index (χ4v) is 2.72. The zero-order valence-corrected chi connectivity index (χ0v) is 13.1. The molecule has 22 heavy (non-hydrogen) atoms. The molecule has 124 valence electrons. The van der Waals surface area contributed by atoms with Crippen LogP contribution in [-0.4, -0.2) is 75.0 Å². The summed E-state index contributed by atoms with van der Waals surface area (Å²) >= 11 is 0. The monoisotopic (exact) mass is 312 g/mol. The zero-order valence-electron chi connectivity index (χ0n) is 13.1. The van der Waals surface area contributed by atoms with E-state index in [-0.39, 0.29) is 12.6 Å². The van der Waals surface area contributed by atoms with Crippen molar-refractivity contribution in [3.63, 3.8) is 0 Å². The van der Waals surface area contributed by atoms with Crippen molar-refractivity contribution >= 4 is 5.97 Å². The minimum absolute atomic E-state index is 0.0860. The molecule has 0 unspecified atom stereocenters. The number of aryl methyl sites for hydroxylation is 1. The van der Waals surface area contributed by atoms with Crippen molar-refractivity contribution in [1.82, 2.24) is 19.9 Å². The van der Waals surface area contributed by atoms with E-state index in [0.717, 1.165) is 25.1 Å². The highest BCUT2D eigenvalue weighted by atomic mass is 16.5. The second-order valence-corrected chi connectivity index (χ2v) is 5.85. The lowest BCUT2D eigenvalue weighted by Crippen LogP contribution is -2.43. The van der Waals surface area contributed by atoms with Gasteiger partial charge in [-0.3, -0.25) is 14.6 Å². The van der Waals surface area contributed by atoms with E-state index in [2.05, 4.69) is 17.1 Å². The van der Waals surface area contributed by atoms with Gasteiger partial charge in [-0.2, -0.15) is 4.98 Å². The molecule has 0 aliphatic carbocycles. The highest BCUT2D eigenvalue weighted by molar-refractivity contribution is 5.69. The number of hydrogen-bond donors (Lipinski definition) is 2. The van der Waals surface area contributed by atoms with Gasteiger partial charge in [-0.05, 0) is 13.5 Å². The summed E-state index contributed by atoms with van der Waals surface area (Å²) in [5.41, 5.74) is 0. The van der Waals surface area contributed by atoms with E-state index in [1.54, 1.807) is 11.9 Å². The smallest absolute Gasteiger partial charge is 0.317 e. The number of aromatic nitrogens is 2. The quantitative estimate of drug-likeness (QED) is 0.690. The molecule has 0 amide bonds. The van der Waals surface area contributed by atoms with Crippen LogP contribution in [0.15, 0.2) is 4.52 Å². The molecule has 1 fully saturated rings. The molecule has 1 aromatic heterocycles. The van der Waals surface area contributed by atoms with Crippen LogP contribution in [0, 0.1) is 0 Å². The number of carbonyl (C=O) groups is 1. The standard InChI is InChI=1S/C14H24N4O4/c1-3-4-5-12-15-13(22-16-12)8-18-6-10(11(19)7-18)17(2)9-14(20)21/h10-11,19H,3-9H2,1-2H3,(H,20,21)/t10-,11-/m1/s1. The SMILES string of the molecule is CCCCc1noc(CN2C[C@@H](O)[C@H](N(C)CC(=O)O)C2)n1. The number of aliphatic hydroxyl groups excluding tert-OH is 1. The van der Waals surface area contributed by atoms with Gasteiger partial charge in [-0.15, -0.1) is 0 Å². The topological polar surface area (TPSA) is 103 Å². The van der Waals surface area contributed by atoms with E-state index in [9.17, 15) is 9.90 Å². The molecule has 2 heterocycles. The molecule has 1 aliphatic rings. The highest BCUT2D eigenvalue weighted by Crippen LogP contribution is 2.17. The third-order valence-electron chi connectivity index (χ3n) is 3.91. The zero-order chi connectivity index (χ0) is 16.1. The predicted octanol–water partition coefficient (Wildman–Crippen LogP) is -0.0263. The van der Waals surface area contributed by atoms with Crippen LogP contribution in [-0.2, 0) is 17.8 Å². The molecule has 8 nitrogen and oxygen atoms in total. The Balaban J connectivity index is 1.86. The molecule has 2 rings (SSSR count). The molecule has 0 bridgehead atoms. The molecular formula is C14H24N4O4. The van der Waals surface area contributed by atoms with E-state index in [0.29, 0.717) is 25.5 Å². The van der Waals surface area contributed by atoms with E-state index in [1.165, 1.54) is 0 Å². The summed E-state index contributed by atoms with van der Waals surface area (Å²) in [6, 6.07) is -0.196. The van der Waals surface area contributed by atoms with Crippen LogP contribution in [0.1, 0.15) is 31.5 Å². The number of carboxylic acid groups (broad SMARTS) is 1. The molecule has 1 saturated heterocycles. The Kier molecular flexibility index (Phi) is 5.87. The molecule has 0 spiro atoms. The Hall–Kier alpha value is -1.51. The molecule has 2 atom stereocenters. The number of hydrogen-bond acceptors (Lipinski definition) is 7. The average Bonchev–Trinajstić information content (AvgIpc) is 3.03. The van der Waals surface area contributed by atoms with Gasteiger partial charge in [0, 0.05) is 25.6 Å². The van der Waals surface area contributed by atoms with Gasteiger partial charge >= 0.3 is 5.97 Å². The molecular weight excluding hydrogens is 288 g/mol. The lowest BCUT2D eigenvalue weighted by Gasteiger charge is -2.24. The molecule has 2 N–H and O–H groups in total. The number of aliphatic hydroxyl groups is 1. The fourth-order valence-electron chi connectivity index (χ4n) is 2.72. The van der Waals surface area contributed by atoms with Crippen LogP contribution in [0.25, 0.3) is 0 Å². The number of likely N-dealkylation sites (tertiary alicyclic amines) is 1. The number of nitrogens with zero attached hydrogens (tertiary/aromatic N) is 4. The van der Waals surface area contributed by atoms with Crippen LogP contribution in [0.2, 0.25) is 0 Å². The lowest BCUT2D eigenvalue weighted by molar-refractivity contribution is -0.138. The third-order valence-corrected chi connectivity index (χ3v) is 3.91. The fraction of sp³-hybridized carbons (Fsp3) is 0.786. The van der Waals surface area contributed by atoms with Crippen LogP contribution in [0.5, 0.6) is 0 Å². The Labute approximate surface area is 129 Å². The maximum absolute atomic E-state index is 10.8. The van der Waals surface area contributed by atoms with Crippen molar-refractivity contribution in [2.45, 2.75) is 44.9 Å². The summed E-state index contributed by atoms with van der Waals surface area (Å²) in [5.74, 6) is 0.363. The maximum Gasteiger partial charge on any atom is 0.317 e. The minimum atomic E-state index is -0.898. The van der Waals surface area contributed by atoms with Crippen molar-refractivity contribution in [1.29, 1.82) is 0 Å². The molecule has 0 saturated carbocycles. The predicted molar refractivity (Wildman–Crippen MR) is 78.2 cm³/mol. The lowest BCUT2D eigenvalue weighted by atomic mass is 10.2. The number of likely N-dealkylation sites (N-methyl/N-ethyl adjacent to an activating group) is 1. The first-order valence-corrected chi connectivity index (χ1v) is 7.63. The summed E-state index contributed by atoms with van der Waals surface area (Å²) in [6.07, 6.45) is 2.35. The summed E-state index contributed by atoms with van der Waals surface area (Å²) in [5, 5.41) is 22.9. The molecule has 8 heteroatoms. The van der Waals surface area contributed by atoms with Crippen molar-refractivity contribution < 1.29 is 19.5 Å². The van der Waals surface area contributed by atoms with E-state index in [4.69, 9.17) is 9.63 Å². The first-order chi connectivity index (χ1) is 10.5. The molecule has 1 aromatic rings. The molecule has 1 aliphatic heterocycles. The Morgan fingerprint density at radius 1 is 1.50 bits per heavy atom. The number of carboxylic acids is 1. The van der Waals surface area contributed by atoms with Gasteiger partial charge < -0.3 is 14.7 Å². The Bertz CT molecular complexity index is 493.